The summed E-state index contributed by atoms with van der Waals surface area (Å²) < 4.78 is 25.6. The third-order valence-electron chi connectivity index (χ3n) is 3.35. The molecule has 1 aromatic heterocycles. The van der Waals surface area contributed by atoms with Crippen molar-refractivity contribution in [2.45, 2.75) is 12.8 Å². The van der Waals surface area contributed by atoms with Gasteiger partial charge in [0.25, 0.3) is 5.91 Å². The Kier molecular flexibility index (Phi) is 3.89. The number of hydrogen-bond donors (Lipinski definition) is 1. The molecule has 2 aromatic rings. The van der Waals surface area contributed by atoms with Crippen LogP contribution in [0.15, 0.2) is 42.7 Å². The van der Waals surface area contributed by atoms with Crippen LogP contribution in [-0.4, -0.2) is 30.0 Å². The summed E-state index contributed by atoms with van der Waals surface area (Å²) in [5.41, 5.74) is 0.954. The summed E-state index contributed by atoms with van der Waals surface area (Å²) in [5.74, 6) is -0.0259. The van der Waals surface area contributed by atoms with Crippen molar-refractivity contribution in [1.82, 2.24) is 14.7 Å². The van der Waals surface area contributed by atoms with Crippen LogP contribution < -0.4 is 4.72 Å². The van der Waals surface area contributed by atoms with E-state index in [1.54, 1.807) is 0 Å². The minimum Gasteiger partial charge on any atom is -0.268 e. The smallest absolute Gasteiger partial charge is 0.267 e. The van der Waals surface area contributed by atoms with Crippen molar-refractivity contribution in [2.24, 2.45) is 5.92 Å². The first-order valence-corrected chi connectivity index (χ1v) is 8.61. The number of benzene rings is 1. The molecule has 0 atom stereocenters. The standard InChI is InChI=1S/C15H15N3O3S/c19-15(18-22(20,21)10-11-6-7-11)13-8-16-14(17-9-13)12-4-2-1-3-5-12/h1-5,8-9,11H,6-7,10H2,(H,18,19). The van der Waals surface area contributed by atoms with Gasteiger partial charge >= 0.3 is 0 Å². The average Bonchev–Trinajstić information content (AvgIpc) is 3.31. The SMILES string of the molecule is O=C(NS(=O)(=O)CC1CC1)c1cnc(-c2ccccc2)nc1. The van der Waals surface area contributed by atoms with Gasteiger partial charge in [-0.15, -0.1) is 0 Å². The lowest BCUT2D eigenvalue weighted by Gasteiger charge is -2.06. The van der Waals surface area contributed by atoms with E-state index in [0.717, 1.165) is 18.4 Å². The summed E-state index contributed by atoms with van der Waals surface area (Å²) in [6.45, 7) is 0. The quantitative estimate of drug-likeness (QED) is 0.905. The van der Waals surface area contributed by atoms with Crippen LogP contribution in [0.1, 0.15) is 23.2 Å². The highest BCUT2D eigenvalue weighted by molar-refractivity contribution is 7.90. The molecule has 1 aliphatic rings. The first-order valence-electron chi connectivity index (χ1n) is 6.96. The molecule has 6 nitrogen and oxygen atoms in total. The lowest BCUT2D eigenvalue weighted by Crippen LogP contribution is -2.33. The molecule has 0 saturated heterocycles. The number of carbonyl (C=O) groups is 1. The van der Waals surface area contributed by atoms with Crippen molar-refractivity contribution in [1.29, 1.82) is 0 Å². The van der Waals surface area contributed by atoms with E-state index in [1.165, 1.54) is 12.4 Å². The Bertz CT molecular complexity index is 769. The van der Waals surface area contributed by atoms with Gasteiger partial charge in [-0.25, -0.2) is 23.1 Å². The first-order chi connectivity index (χ1) is 10.5. The van der Waals surface area contributed by atoms with Crippen LogP contribution in [0.3, 0.4) is 0 Å². The number of hydrogen-bond acceptors (Lipinski definition) is 5. The Morgan fingerprint density at radius 2 is 1.77 bits per heavy atom. The third kappa shape index (κ3) is 3.67. The molecular formula is C15H15N3O3S. The highest BCUT2D eigenvalue weighted by Crippen LogP contribution is 2.29. The fourth-order valence-electron chi connectivity index (χ4n) is 2.02. The number of carbonyl (C=O) groups excluding carboxylic acids is 1. The molecule has 0 spiro atoms. The Hall–Kier alpha value is -2.28. The first kappa shape index (κ1) is 14.6. The van der Waals surface area contributed by atoms with Crippen LogP contribution in [0.5, 0.6) is 0 Å². The zero-order valence-electron chi connectivity index (χ0n) is 11.8. The highest BCUT2D eigenvalue weighted by atomic mass is 32.2. The molecule has 0 unspecified atom stereocenters. The predicted octanol–water partition coefficient (Wildman–Crippen LogP) is 1.61. The number of amides is 1. The molecule has 1 heterocycles. The van der Waals surface area contributed by atoms with Crippen LogP contribution in [-0.2, 0) is 10.0 Å². The summed E-state index contributed by atoms with van der Waals surface area (Å²) in [7, 11) is -3.58. The van der Waals surface area contributed by atoms with Gasteiger partial charge in [-0.1, -0.05) is 30.3 Å². The largest absolute Gasteiger partial charge is 0.268 e. The van der Waals surface area contributed by atoms with E-state index >= 15 is 0 Å². The molecule has 0 aliphatic heterocycles. The lowest BCUT2D eigenvalue weighted by atomic mass is 10.2. The Morgan fingerprint density at radius 3 is 2.36 bits per heavy atom. The van der Waals surface area contributed by atoms with E-state index in [-0.39, 0.29) is 17.2 Å². The molecule has 114 valence electrons. The monoisotopic (exact) mass is 317 g/mol. The van der Waals surface area contributed by atoms with Crippen molar-refractivity contribution < 1.29 is 13.2 Å². The van der Waals surface area contributed by atoms with Crippen LogP contribution >= 0.6 is 0 Å². The minimum atomic E-state index is -3.58. The molecule has 1 aliphatic carbocycles. The number of rotatable bonds is 5. The molecule has 0 bridgehead atoms. The molecule has 1 aromatic carbocycles. The van der Waals surface area contributed by atoms with Gasteiger partial charge in [-0.05, 0) is 18.8 Å². The van der Waals surface area contributed by atoms with E-state index < -0.39 is 15.9 Å². The van der Waals surface area contributed by atoms with Crippen LogP contribution in [0.4, 0.5) is 0 Å². The molecular weight excluding hydrogens is 302 g/mol. The average molecular weight is 317 g/mol. The van der Waals surface area contributed by atoms with Crippen molar-refractivity contribution >= 4 is 15.9 Å². The van der Waals surface area contributed by atoms with Crippen molar-refractivity contribution in [3.8, 4) is 11.4 Å². The lowest BCUT2D eigenvalue weighted by molar-refractivity contribution is 0.0980. The number of nitrogens with one attached hydrogen (secondary N) is 1. The number of sulfonamides is 1. The van der Waals surface area contributed by atoms with Gasteiger partial charge in [0.05, 0.1) is 11.3 Å². The minimum absolute atomic E-state index is 0.00168. The molecule has 7 heteroatoms. The maximum atomic E-state index is 11.9. The summed E-state index contributed by atoms with van der Waals surface area (Å²) in [4.78, 5) is 20.2. The van der Waals surface area contributed by atoms with E-state index in [0.29, 0.717) is 5.82 Å². The van der Waals surface area contributed by atoms with Gasteiger partial charge in [-0.2, -0.15) is 0 Å². The summed E-state index contributed by atoms with van der Waals surface area (Å²) in [6, 6.07) is 9.33. The molecule has 1 amide bonds. The van der Waals surface area contributed by atoms with Crippen molar-refractivity contribution in [2.75, 3.05) is 5.75 Å². The maximum Gasteiger partial charge on any atom is 0.267 e. The molecule has 1 N–H and O–H groups in total. The Morgan fingerprint density at radius 1 is 1.14 bits per heavy atom. The topological polar surface area (TPSA) is 89.0 Å². The van der Waals surface area contributed by atoms with E-state index in [2.05, 4.69) is 14.7 Å². The second-order valence-electron chi connectivity index (χ2n) is 5.32. The molecule has 22 heavy (non-hydrogen) atoms. The maximum absolute atomic E-state index is 11.9. The summed E-state index contributed by atoms with van der Waals surface area (Å²) in [6.07, 6.45) is 4.47. The third-order valence-corrected chi connectivity index (χ3v) is 4.75. The Labute approximate surface area is 128 Å². The van der Waals surface area contributed by atoms with Crippen LogP contribution in [0.2, 0.25) is 0 Å². The van der Waals surface area contributed by atoms with Crippen LogP contribution in [0.25, 0.3) is 11.4 Å². The fourth-order valence-corrected chi connectivity index (χ4v) is 3.46. The van der Waals surface area contributed by atoms with Crippen molar-refractivity contribution in [3.63, 3.8) is 0 Å². The highest BCUT2D eigenvalue weighted by Gasteiger charge is 2.29. The normalized spacial score (nSPS) is 14.5. The zero-order valence-corrected chi connectivity index (χ0v) is 12.6. The number of aromatic nitrogens is 2. The zero-order chi connectivity index (χ0) is 15.6. The van der Waals surface area contributed by atoms with Gasteiger partial charge in [0, 0.05) is 18.0 Å². The van der Waals surface area contributed by atoms with Crippen molar-refractivity contribution in [3.05, 3.63) is 48.3 Å². The Balaban J connectivity index is 1.71. The second kappa shape index (κ2) is 5.84. The summed E-state index contributed by atoms with van der Waals surface area (Å²) in [5, 5.41) is 0. The molecule has 1 fully saturated rings. The van der Waals surface area contributed by atoms with E-state index in [1.807, 2.05) is 30.3 Å². The number of nitrogens with zero attached hydrogens (tertiary/aromatic N) is 2. The van der Waals surface area contributed by atoms with Gasteiger partial charge < -0.3 is 0 Å². The second-order valence-corrected chi connectivity index (χ2v) is 7.08. The van der Waals surface area contributed by atoms with Gasteiger partial charge in [0.2, 0.25) is 10.0 Å². The van der Waals surface area contributed by atoms with E-state index in [4.69, 9.17) is 0 Å². The van der Waals surface area contributed by atoms with Gasteiger partial charge in [0.1, 0.15) is 0 Å². The van der Waals surface area contributed by atoms with Gasteiger partial charge in [-0.3, -0.25) is 4.79 Å². The van der Waals surface area contributed by atoms with Crippen LogP contribution in [0, 0.1) is 5.92 Å². The summed E-state index contributed by atoms with van der Waals surface area (Å²) >= 11 is 0. The fraction of sp³-hybridized carbons (Fsp3) is 0.267. The predicted molar refractivity (Wildman–Crippen MR) is 81.4 cm³/mol. The molecule has 3 rings (SSSR count). The molecule has 0 radical (unpaired) electrons. The van der Waals surface area contributed by atoms with Gasteiger partial charge in [0.15, 0.2) is 5.82 Å². The van der Waals surface area contributed by atoms with E-state index in [9.17, 15) is 13.2 Å². The molecule has 1 saturated carbocycles.